The summed E-state index contributed by atoms with van der Waals surface area (Å²) < 4.78 is 69.4. The van der Waals surface area contributed by atoms with Gasteiger partial charge in [0.2, 0.25) is 0 Å². The second-order valence-electron chi connectivity index (χ2n) is 10.0. The molecule has 0 spiro atoms. The van der Waals surface area contributed by atoms with Gasteiger partial charge >= 0.3 is 6.18 Å². The van der Waals surface area contributed by atoms with Gasteiger partial charge < -0.3 is 10.4 Å². The first-order valence-electron chi connectivity index (χ1n) is 11.8. The van der Waals surface area contributed by atoms with Crippen molar-refractivity contribution in [1.82, 2.24) is 15.2 Å². The van der Waals surface area contributed by atoms with E-state index >= 15 is 0 Å². The quantitative estimate of drug-likeness (QED) is 0.314. The van der Waals surface area contributed by atoms with Gasteiger partial charge in [-0.25, -0.2) is 13.4 Å². The van der Waals surface area contributed by atoms with E-state index in [-0.39, 0.29) is 46.2 Å². The summed E-state index contributed by atoms with van der Waals surface area (Å²) >= 11 is 1.14. The van der Waals surface area contributed by atoms with Crippen LogP contribution in [0, 0.1) is 0 Å². The van der Waals surface area contributed by atoms with Crippen LogP contribution in [-0.4, -0.2) is 28.7 Å². The fourth-order valence-corrected chi connectivity index (χ4v) is 6.28. The Bertz CT molecular complexity index is 1650. The van der Waals surface area contributed by atoms with Gasteiger partial charge in [-0.2, -0.15) is 13.2 Å². The highest BCUT2D eigenvalue weighted by Crippen LogP contribution is 2.42. The summed E-state index contributed by atoms with van der Waals surface area (Å²) in [5.41, 5.74) is 0.941. The molecule has 1 aliphatic heterocycles. The summed E-state index contributed by atoms with van der Waals surface area (Å²) in [4.78, 5) is 3.80. The van der Waals surface area contributed by atoms with Gasteiger partial charge in [-0.05, 0) is 47.4 Å². The van der Waals surface area contributed by atoms with Gasteiger partial charge in [-0.1, -0.05) is 50.3 Å². The first-order chi connectivity index (χ1) is 18.3. The molecule has 0 fully saturated rings. The van der Waals surface area contributed by atoms with E-state index in [0.717, 1.165) is 27.3 Å². The van der Waals surface area contributed by atoms with Gasteiger partial charge in [0.25, 0.3) is 10.0 Å². The van der Waals surface area contributed by atoms with Gasteiger partial charge in [-0.3, -0.25) is 4.31 Å². The van der Waals surface area contributed by atoms with E-state index in [9.17, 15) is 26.7 Å². The molecule has 0 atom stereocenters. The molecule has 13 heteroatoms. The predicted octanol–water partition coefficient (Wildman–Crippen LogP) is 5.86. The molecule has 5 rings (SSSR count). The van der Waals surface area contributed by atoms with E-state index in [4.69, 9.17) is 0 Å². The number of halogens is 3. The van der Waals surface area contributed by atoms with E-state index in [1.807, 2.05) is 20.8 Å². The lowest BCUT2D eigenvalue weighted by atomic mass is 9.87. The van der Waals surface area contributed by atoms with Crippen molar-refractivity contribution in [2.45, 2.75) is 50.4 Å². The second kappa shape index (κ2) is 9.57. The number of hydrogen-bond donors (Lipinski definition) is 2. The Morgan fingerprint density at radius 2 is 1.74 bits per heavy atom. The summed E-state index contributed by atoms with van der Waals surface area (Å²) in [6.45, 7) is 5.50. The zero-order valence-corrected chi connectivity index (χ0v) is 22.7. The highest BCUT2D eigenvalue weighted by Gasteiger charge is 2.36. The van der Waals surface area contributed by atoms with Crippen LogP contribution in [-0.2, 0) is 34.8 Å². The Balaban J connectivity index is 1.66. The molecule has 0 saturated heterocycles. The molecule has 2 N–H and O–H groups in total. The van der Waals surface area contributed by atoms with Crippen molar-refractivity contribution in [3.63, 3.8) is 0 Å². The van der Waals surface area contributed by atoms with Crippen molar-refractivity contribution in [3.8, 4) is 10.6 Å². The lowest BCUT2D eigenvalue weighted by Gasteiger charge is -2.25. The van der Waals surface area contributed by atoms with E-state index in [1.165, 1.54) is 18.2 Å². The summed E-state index contributed by atoms with van der Waals surface area (Å²) in [5, 5.41) is 21.1. The number of anilines is 3. The molecule has 4 aromatic rings. The molecule has 1 aliphatic rings. The zero-order chi connectivity index (χ0) is 28.2. The number of aliphatic hydroxyl groups is 1. The Labute approximate surface area is 227 Å². The predicted molar refractivity (Wildman–Crippen MR) is 142 cm³/mol. The van der Waals surface area contributed by atoms with Crippen molar-refractivity contribution >= 4 is 38.6 Å². The normalized spacial score (nSPS) is 13.9. The number of rotatable bonds is 4. The monoisotopic (exact) mass is 575 g/mol. The van der Waals surface area contributed by atoms with Crippen LogP contribution in [0.25, 0.3) is 10.6 Å². The Morgan fingerprint density at radius 3 is 2.36 bits per heavy atom. The molecule has 0 bridgehead atoms. The molecule has 0 saturated carbocycles. The minimum Gasteiger partial charge on any atom is -0.389 e. The number of benzene rings is 2. The molecule has 0 aliphatic carbocycles. The van der Waals surface area contributed by atoms with Crippen molar-refractivity contribution in [3.05, 3.63) is 76.4 Å². The maximum atomic E-state index is 14.0. The minimum absolute atomic E-state index is 0.0358. The van der Waals surface area contributed by atoms with Crippen molar-refractivity contribution in [2.24, 2.45) is 0 Å². The molecule has 39 heavy (non-hydrogen) atoms. The zero-order valence-electron chi connectivity index (χ0n) is 21.1. The fourth-order valence-electron chi connectivity index (χ4n) is 4.13. The van der Waals surface area contributed by atoms with Gasteiger partial charge in [0.1, 0.15) is 21.5 Å². The molecule has 0 amide bonds. The van der Waals surface area contributed by atoms with E-state index < -0.39 is 21.9 Å². The Hall–Kier alpha value is -3.55. The maximum absolute atomic E-state index is 14.0. The SMILES string of the molecule is CC(C)(C)c1ccc(S(=O)(=O)N2Cc3ccc(C(F)(F)F)nc3Nc3ccc(-c4nnc(CO)s4)cc32)cc1. The highest BCUT2D eigenvalue weighted by molar-refractivity contribution is 7.92. The van der Waals surface area contributed by atoms with E-state index in [1.54, 1.807) is 30.3 Å². The molecule has 0 unspecified atom stereocenters. The van der Waals surface area contributed by atoms with Gasteiger partial charge in [0.15, 0.2) is 0 Å². The van der Waals surface area contributed by atoms with E-state index in [0.29, 0.717) is 15.6 Å². The van der Waals surface area contributed by atoms with Gasteiger partial charge in [0, 0.05) is 11.1 Å². The lowest BCUT2D eigenvalue weighted by molar-refractivity contribution is -0.141. The molecule has 3 heterocycles. The number of aliphatic hydroxyl groups excluding tert-OH is 1. The van der Waals surface area contributed by atoms with Crippen LogP contribution in [0.4, 0.5) is 30.4 Å². The lowest BCUT2D eigenvalue weighted by Crippen LogP contribution is -2.30. The summed E-state index contributed by atoms with van der Waals surface area (Å²) in [6.07, 6.45) is -4.67. The third-order valence-corrected chi connectivity index (χ3v) is 8.99. The molecule has 0 radical (unpaired) electrons. The van der Waals surface area contributed by atoms with E-state index in [2.05, 4.69) is 20.5 Å². The second-order valence-corrected chi connectivity index (χ2v) is 12.9. The molecule has 2 aromatic carbocycles. The first-order valence-corrected chi connectivity index (χ1v) is 14.1. The number of fused-ring (bicyclic) bond motifs is 2. The molecular weight excluding hydrogens is 551 g/mol. The number of pyridine rings is 1. The largest absolute Gasteiger partial charge is 0.433 e. The summed E-state index contributed by atoms with van der Waals surface area (Å²) in [7, 11) is -4.17. The average Bonchev–Trinajstić information content (AvgIpc) is 3.30. The smallest absolute Gasteiger partial charge is 0.389 e. The minimum atomic E-state index is -4.67. The molecular formula is C26H24F3N5O3S2. The van der Waals surface area contributed by atoms with Crippen LogP contribution >= 0.6 is 11.3 Å². The highest BCUT2D eigenvalue weighted by atomic mass is 32.2. The third kappa shape index (κ3) is 5.21. The van der Waals surface area contributed by atoms with Crippen molar-refractivity contribution in [2.75, 3.05) is 9.62 Å². The summed E-state index contributed by atoms with van der Waals surface area (Å²) in [6, 6.07) is 13.4. The van der Waals surface area contributed by atoms with Crippen LogP contribution < -0.4 is 9.62 Å². The van der Waals surface area contributed by atoms with Gasteiger partial charge in [0.05, 0.1) is 29.4 Å². The van der Waals surface area contributed by atoms with Crippen LogP contribution in [0.2, 0.25) is 0 Å². The standard InChI is InChI=1S/C26H24F3N5O3S2/c1-25(2,3)17-6-8-18(9-7-17)39(36,37)34-13-16-5-11-21(26(27,28)29)31-23(16)30-19-10-4-15(12-20(19)34)24-33-32-22(14-35)38-24/h4-12,35H,13-14H2,1-3H3,(H,30,31). The molecule has 204 valence electrons. The van der Waals surface area contributed by atoms with Crippen LogP contribution in [0.1, 0.15) is 42.6 Å². The topological polar surface area (TPSA) is 108 Å². The number of nitrogens with one attached hydrogen (secondary N) is 1. The number of aromatic nitrogens is 3. The third-order valence-electron chi connectivity index (χ3n) is 6.26. The van der Waals surface area contributed by atoms with Crippen molar-refractivity contribution < 1.29 is 26.7 Å². The maximum Gasteiger partial charge on any atom is 0.433 e. The van der Waals surface area contributed by atoms with Crippen LogP contribution in [0.3, 0.4) is 0 Å². The fraction of sp³-hybridized carbons (Fsp3) is 0.269. The number of alkyl halides is 3. The number of nitrogens with zero attached hydrogens (tertiary/aromatic N) is 4. The first kappa shape index (κ1) is 27.0. The average molecular weight is 576 g/mol. The molecule has 2 aromatic heterocycles. The number of sulfonamides is 1. The van der Waals surface area contributed by atoms with Crippen LogP contribution in [0.5, 0.6) is 0 Å². The molecule has 8 nitrogen and oxygen atoms in total. The van der Waals surface area contributed by atoms with Crippen molar-refractivity contribution in [1.29, 1.82) is 0 Å². The Kier molecular flexibility index (Phi) is 6.64. The summed E-state index contributed by atoms with van der Waals surface area (Å²) in [5.74, 6) is -0.0851. The van der Waals surface area contributed by atoms with Gasteiger partial charge in [-0.15, -0.1) is 10.2 Å². The number of hydrogen-bond acceptors (Lipinski definition) is 8. The Morgan fingerprint density at radius 1 is 1.03 bits per heavy atom. The van der Waals surface area contributed by atoms with Crippen LogP contribution in [0.15, 0.2) is 59.5 Å².